The van der Waals surface area contributed by atoms with Gasteiger partial charge in [-0.05, 0) is 31.2 Å². The fourth-order valence-corrected chi connectivity index (χ4v) is 5.08. The van der Waals surface area contributed by atoms with Gasteiger partial charge in [0.05, 0.1) is 13.7 Å². The van der Waals surface area contributed by atoms with Crippen LogP contribution in [0.2, 0.25) is 0 Å². The number of pyridine rings is 1. The number of hydrogen-bond acceptors (Lipinski definition) is 7. The summed E-state index contributed by atoms with van der Waals surface area (Å²) in [5, 5.41) is 5.34. The van der Waals surface area contributed by atoms with Gasteiger partial charge in [0.15, 0.2) is 5.78 Å². The standard InChI is InChI=1S/C27H26N4O3S/c1-33-19-13-18(14-20(15-19)34-11-5-9-28)31-25(24-12-17-6-4-10-29-27(17)35-24)26(32)22-16-30-23-8-3-2-7-21(22)23/h2-4,6-8,10,12-16,25,30-31H,5,9,11,28H2,1H3. The lowest BCUT2D eigenvalue weighted by Gasteiger charge is -2.19. The van der Waals surface area contributed by atoms with Gasteiger partial charge in [0.2, 0.25) is 0 Å². The van der Waals surface area contributed by atoms with Crippen LogP contribution < -0.4 is 20.5 Å². The maximum atomic E-state index is 14.0. The van der Waals surface area contributed by atoms with E-state index in [-0.39, 0.29) is 5.78 Å². The molecule has 0 aliphatic rings. The predicted octanol–water partition coefficient (Wildman–Crippen LogP) is 5.55. The molecule has 178 valence electrons. The number of anilines is 1. The summed E-state index contributed by atoms with van der Waals surface area (Å²) in [7, 11) is 1.61. The molecule has 0 spiro atoms. The summed E-state index contributed by atoms with van der Waals surface area (Å²) in [6.45, 7) is 1.05. The number of para-hydroxylation sites is 1. The highest BCUT2D eigenvalue weighted by atomic mass is 32.1. The van der Waals surface area contributed by atoms with E-state index >= 15 is 0 Å². The molecule has 0 fully saturated rings. The summed E-state index contributed by atoms with van der Waals surface area (Å²) in [6, 6.07) is 18.7. The van der Waals surface area contributed by atoms with Gasteiger partial charge in [-0.2, -0.15) is 0 Å². The smallest absolute Gasteiger partial charge is 0.192 e. The van der Waals surface area contributed by atoms with Crippen molar-refractivity contribution in [3.8, 4) is 11.5 Å². The first kappa shape index (κ1) is 22.9. The third-order valence-electron chi connectivity index (χ3n) is 5.76. The SMILES string of the molecule is COc1cc(NC(C(=O)c2c[nH]c3ccccc23)c2cc3cccnc3s2)cc(OCCCN)c1. The Kier molecular flexibility index (Phi) is 6.65. The average molecular weight is 487 g/mol. The van der Waals surface area contributed by atoms with Crippen molar-refractivity contribution in [1.82, 2.24) is 9.97 Å². The zero-order chi connectivity index (χ0) is 24.2. The van der Waals surface area contributed by atoms with Gasteiger partial charge in [0.1, 0.15) is 22.4 Å². The highest BCUT2D eigenvalue weighted by Crippen LogP contribution is 2.36. The highest BCUT2D eigenvalue weighted by molar-refractivity contribution is 7.18. The molecule has 3 heterocycles. The molecule has 0 bridgehead atoms. The van der Waals surface area contributed by atoms with E-state index in [1.165, 1.54) is 11.3 Å². The van der Waals surface area contributed by atoms with Gasteiger partial charge >= 0.3 is 0 Å². The summed E-state index contributed by atoms with van der Waals surface area (Å²) >= 11 is 1.51. The Balaban J connectivity index is 1.55. The average Bonchev–Trinajstić information content (AvgIpc) is 3.51. The lowest BCUT2D eigenvalue weighted by Crippen LogP contribution is -2.20. The molecule has 7 nitrogen and oxygen atoms in total. The molecule has 0 aliphatic carbocycles. The van der Waals surface area contributed by atoms with Crippen LogP contribution in [0.5, 0.6) is 11.5 Å². The van der Waals surface area contributed by atoms with Crippen LogP contribution in [0.4, 0.5) is 5.69 Å². The van der Waals surface area contributed by atoms with E-state index < -0.39 is 6.04 Å². The third-order valence-corrected chi connectivity index (χ3v) is 6.88. The van der Waals surface area contributed by atoms with E-state index in [0.29, 0.717) is 30.2 Å². The number of ketones is 1. The Morgan fingerprint density at radius 3 is 2.83 bits per heavy atom. The van der Waals surface area contributed by atoms with E-state index in [4.69, 9.17) is 15.2 Å². The van der Waals surface area contributed by atoms with Gasteiger partial charge in [-0.3, -0.25) is 4.79 Å². The monoisotopic (exact) mass is 486 g/mol. The first-order chi connectivity index (χ1) is 17.2. The Morgan fingerprint density at radius 2 is 2.00 bits per heavy atom. The fourth-order valence-electron chi connectivity index (χ4n) is 4.03. The number of nitrogens with two attached hydrogens (primary N) is 1. The second kappa shape index (κ2) is 10.2. The number of thiophene rings is 1. The minimum atomic E-state index is -0.627. The Morgan fingerprint density at radius 1 is 1.14 bits per heavy atom. The van der Waals surface area contributed by atoms with Crippen molar-refractivity contribution in [2.24, 2.45) is 5.73 Å². The summed E-state index contributed by atoms with van der Waals surface area (Å²) in [5.41, 5.74) is 7.87. The Labute approximate surface area is 206 Å². The van der Waals surface area contributed by atoms with Crippen LogP contribution in [0.1, 0.15) is 27.7 Å². The molecule has 1 unspecified atom stereocenters. The maximum Gasteiger partial charge on any atom is 0.192 e. The lowest BCUT2D eigenvalue weighted by atomic mass is 10.0. The molecular weight excluding hydrogens is 460 g/mol. The molecule has 4 N–H and O–H groups in total. The van der Waals surface area contributed by atoms with Crippen LogP contribution in [0, 0.1) is 0 Å². The number of nitrogens with one attached hydrogen (secondary N) is 2. The van der Waals surface area contributed by atoms with Crippen LogP contribution in [0.25, 0.3) is 21.1 Å². The van der Waals surface area contributed by atoms with Crippen LogP contribution >= 0.6 is 11.3 Å². The summed E-state index contributed by atoms with van der Waals surface area (Å²) < 4.78 is 11.3. The molecule has 3 aromatic heterocycles. The second-order valence-electron chi connectivity index (χ2n) is 8.12. The number of benzene rings is 2. The number of carbonyl (C=O) groups is 1. The van der Waals surface area contributed by atoms with Crippen molar-refractivity contribution < 1.29 is 14.3 Å². The fraction of sp³-hybridized carbons (Fsp3) is 0.185. The molecule has 1 atom stereocenters. The van der Waals surface area contributed by atoms with Crippen LogP contribution in [-0.4, -0.2) is 36.0 Å². The molecule has 0 saturated carbocycles. The van der Waals surface area contributed by atoms with Gasteiger partial charge in [0.25, 0.3) is 0 Å². The minimum Gasteiger partial charge on any atom is -0.497 e. The number of hydrogen-bond donors (Lipinski definition) is 3. The number of rotatable bonds is 10. The van der Waals surface area contributed by atoms with Crippen LogP contribution in [0.15, 0.2) is 73.1 Å². The van der Waals surface area contributed by atoms with E-state index in [9.17, 15) is 4.79 Å². The van der Waals surface area contributed by atoms with Crippen LogP contribution in [0.3, 0.4) is 0 Å². The molecule has 0 amide bonds. The topological polar surface area (TPSA) is 102 Å². The molecular formula is C27H26N4O3S. The summed E-state index contributed by atoms with van der Waals surface area (Å²) in [5.74, 6) is 1.24. The number of methoxy groups -OCH3 is 1. The van der Waals surface area contributed by atoms with Gasteiger partial charge < -0.3 is 25.5 Å². The zero-order valence-corrected chi connectivity index (χ0v) is 20.1. The van der Waals surface area contributed by atoms with Crippen molar-refractivity contribution in [3.63, 3.8) is 0 Å². The summed E-state index contributed by atoms with van der Waals surface area (Å²) in [6.07, 6.45) is 4.29. The molecule has 0 radical (unpaired) electrons. The maximum absolute atomic E-state index is 14.0. The Hall–Kier alpha value is -3.88. The van der Waals surface area contributed by atoms with E-state index in [0.717, 1.165) is 38.1 Å². The third kappa shape index (κ3) is 4.84. The van der Waals surface area contributed by atoms with E-state index in [2.05, 4.69) is 15.3 Å². The van der Waals surface area contributed by atoms with Gasteiger partial charge in [-0.1, -0.05) is 24.3 Å². The van der Waals surface area contributed by atoms with Gasteiger partial charge in [0, 0.05) is 63.0 Å². The van der Waals surface area contributed by atoms with Gasteiger partial charge in [-0.25, -0.2) is 4.98 Å². The Bertz CT molecular complexity index is 1440. The van der Waals surface area contributed by atoms with Crippen molar-refractivity contribution in [2.45, 2.75) is 12.5 Å². The second-order valence-corrected chi connectivity index (χ2v) is 9.19. The number of aromatic nitrogens is 2. The molecule has 8 heteroatoms. The molecule has 5 rings (SSSR count). The predicted molar refractivity (Wildman–Crippen MR) is 141 cm³/mol. The van der Waals surface area contributed by atoms with Crippen molar-refractivity contribution >= 4 is 43.9 Å². The highest BCUT2D eigenvalue weighted by Gasteiger charge is 2.27. The number of H-pyrrole nitrogens is 1. The molecule has 35 heavy (non-hydrogen) atoms. The molecule has 0 saturated heterocycles. The lowest BCUT2D eigenvalue weighted by molar-refractivity contribution is 0.0972. The van der Waals surface area contributed by atoms with Crippen LogP contribution in [-0.2, 0) is 0 Å². The molecule has 5 aromatic rings. The quantitative estimate of drug-likeness (QED) is 0.177. The molecule has 2 aromatic carbocycles. The summed E-state index contributed by atoms with van der Waals surface area (Å²) in [4.78, 5) is 23.4. The number of fused-ring (bicyclic) bond motifs is 2. The number of aromatic amines is 1. The van der Waals surface area contributed by atoms with Crippen molar-refractivity contribution in [3.05, 3.63) is 83.5 Å². The number of Topliss-reactive ketones (excluding diaryl/α,β-unsaturated/α-hetero) is 1. The number of nitrogens with zero attached hydrogens (tertiary/aromatic N) is 1. The normalized spacial score (nSPS) is 12.1. The minimum absolute atomic E-state index is 0.0394. The van der Waals surface area contributed by atoms with Crippen molar-refractivity contribution in [2.75, 3.05) is 25.6 Å². The van der Waals surface area contributed by atoms with E-state index in [1.54, 1.807) is 19.5 Å². The van der Waals surface area contributed by atoms with Crippen molar-refractivity contribution in [1.29, 1.82) is 0 Å². The number of carbonyl (C=O) groups excluding carboxylic acids is 1. The zero-order valence-electron chi connectivity index (χ0n) is 19.3. The van der Waals surface area contributed by atoms with Gasteiger partial charge in [-0.15, -0.1) is 11.3 Å². The largest absolute Gasteiger partial charge is 0.497 e. The first-order valence-corrected chi connectivity index (χ1v) is 12.2. The first-order valence-electron chi connectivity index (χ1n) is 11.4. The molecule has 0 aliphatic heterocycles. The number of ether oxygens (including phenoxy) is 2. The van der Waals surface area contributed by atoms with E-state index in [1.807, 2.05) is 60.7 Å².